The third-order valence-corrected chi connectivity index (χ3v) is 7.41. The second-order valence-corrected chi connectivity index (χ2v) is 8.53. The minimum Gasteiger partial charge on any atom is -0.352 e. The molecule has 3 heterocycles. The number of aryl methyl sites for hydroxylation is 1. The summed E-state index contributed by atoms with van der Waals surface area (Å²) in [4.78, 5) is 14.0. The Labute approximate surface area is 140 Å². The summed E-state index contributed by atoms with van der Waals surface area (Å²) < 4.78 is 33.3. The number of halogens is 1. The summed E-state index contributed by atoms with van der Waals surface area (Å²) in [5, 5.41) is 0.418. The largest absolute Gasteiger partial charge is 0.352 e. The molecule has 1 amide bonds. The van der Waals surface area contributed by atoms with Crippen molar-refractivity contribution in [2.24, 2.45) is 0 Å². The van der Waals surface area contributed by atoms with Gasteiger partial charge in [0.05, 0.1) is 17.5 Å². The van der Waals surface area contributed by atoms with Crippen LogP contribution in [0.5, 0.6) is 0 Å². The molecule has 4 rings (SSSR count). The number of hydrogen-bond donors (Lipinski definition) is 0. The van der Waals surface area contributed by atoms with E-state index in [1.807, 2.05) is 6.92 Å². The van der Waals surface area contributed by atoms with Crippen molar-refractivity contribution in [1.29, 1.82) is 0 Å². The molecule has 0 N–H and O–H groups in total. The van der Waals surface area contributed by atoms with Gasteiger partial charge in [-0.25, -0.2) is 8.42 Å². The molecule has 2 atom stereocenters. The normalized spacial score (nSPS) is 30.8. The predicted octanol–water partition coefficient (Wildman–Crippen LogP) is 1.37. The Morgan fingerprint density at radius 3 is 2.87 bits per heavy atom. The molecule has 3 aliphatic rings. The van der Waals surface area contributed by atoms with Crippen molar-refractivity contribution >= 4 is 27.5 Å². The van der Waals surface area contributed by atoms with Crippen LogP contribution in [0.2, 0.25) is 5.02 Å². The Hall–Kier alpha value is -1.15. The predicted molar refractivity (Wildman–Crippen MR) is 83.5 cm³/mol. The molecule has 23 heavy (non-hydrogen) atoms. The SMILES string of the molecule is Cc1ccc(S(=O)(=O)N2CC[C@@]34OCCN3C(=O)C[C@@H]24)cc1Cl. The molecule has 124 valence electrons. The average molecular weight is 357 g/mol. The molecule has 6 nitrogen and oxygen atoms in total. The molecule has 1 aromatic rings. The van der Waals surface area contributed by atoms with Crippen LogP contribution in [0.3, 0.4) is 0 Å². The first-order valence-corrected chi connectivity index (χ1v) is 9.40. The molecule has 0 saturated carbocycles. The zero-order valence-corrected chi connectivity index (χ0v) is 14.2. The number of nitrogens with zero attached hydrogens (tertiary/aromatic N) is 2. The van der Waals surface area contributed by atoms with Gasteiger partial charge in [-0.15, -0.1) is 0 Å². The van der Waals surface area contributed by atoms with Crippen LogP contribution >= 0.6 is 11.6 Å². The lowest BCUT2D eigenvalue weighted by atomic mass is 10.1. The van der Waals surface area contributed by atoms with Gasteiger partial charge < -0.3 is 9.64 Å². The molecule has 0 aromatic heterocycles. The van der Waals surface area contributed by atoms with Gasteiger partial charge in [-0.2, -0.15) is 4.31 Å². The van der Waals surface area contributed by atoms with E-state index in [1.165, 1.54) is 10.4 Å². The maximum atomic E-state index is 13.0. The first-order valence-electron chi connectivity index (χ1n) is 7.59. The monoisotopic (exact) mass is 356 g/mol. The highest BCUT2D eigenvalue weighted by Gasteiger charge is 2.64. The van der Waals surface area contributed by atoms with Crippen molar-refractivity contribution in [3.8, 4) is 0 Å². The summed E-state index contributed by atoms with van der Waals surface area (Å²) in [6.45, 7) is 3.18. The lowest BCUT2D eigenvalue weighted by Crippen LogP contribution is -2.48. The van der Waals surface area contributed by atoms with Gasteiger partial charge in [0.15, 0.2) is 5.72 Å². The number of sulfonamides is 1. The number of carbonyl (C=O) groups excluding carboxylic acids is 1. The standard InChI is InChI=1S/C15H17ClN2O4S/c1-10-2-3-11(8-12(10)16)23(20,21)18-5-4-15-13(18)9-14(19)17(15)6-7-22-15/h2-3,8,13H,4-7,9H2,1H3/t13-,15+/m1/s1. The van der Waals surface area contributed by atoms with E-state index in [-0.39, 0.29) is 17.2 Å². The summed E-state index contributed by atoms with van der Waals surface area (Å²) in [5.41, 5.74) is 0.0587. The summed E-state index contributed by atoms with van der Waals surface area (Å²) in [7, 11) is -3.71. The number of rotatable bonds is 2. The van der Waals surface area contributed by atoms with E-state index in [2.05, 4.69) is 0 Å². The van der Waals surface area contributed by atoms with E-state index in [0.717, 1.165) is 5.56 Å². The van der Waals surface area contributed by atoms with E-state index < -0.39 is 21.8 Å². The van der Waals surface area contributed by atoms with Crippen molar-refractivity contribution in [2.75, 3.05) is 19.7 Å². The smallest absolute Gasteiger partial charge is 0.243 e. The van der Waals surface area contributed by atoms with Crippen molar-refractivity contribution in [3.63, 3.8) is 0 Å². The lowest BCUT2D eigenvalue weighted by molar-refractivity contribution is -0.136. The van der Waals surface area contributed by atoms with E-state index in [1.54, 1.807) is 17.0 Å². The maximum Gasteiger partial charge on any atom is 0.243 e. The third-order valence-electron chi connectivity index (χ3n) is 5.10. The topological polar surface area (TPSA) is 66.9 Å². The summed E-state index contributed by atoms with van der Waals surface area (Å²) in [6.07, 6.45) is 0.695. The summed E-state index contributed by atoms with van der Waals surface area (Å²) in [6, 6.07) is 4.27. The summed E-state index contributed by atoms with van der Waals surface area (Å²) in [5.74, 6) is -0.0330. The zero-order chi connectivity index (χ0) is 16.4. The van der Waals surface area contributed by atoms with Gasteiger partial charge in [0, 0.05) is 31.0 Å². The number of ether oxygens (including phenoxy) is 1. The Balaban J connectivity index is 1.73. The Bertz CT molecular complexity index is 797. The average Bonchev–Trinajstić information content (AvgIpc) is 3.13. The van der Waals surface area contributed by atoms with Crippen LogP contribution in [0.25, 0.3) is 0 Å². The maximum absolute atomic E-state index is 13.0. The molecular formula is C15H17ClN2O4S. The minimum absolute atomic E-state index is 0.0330. The van der Waals surface area contributed by atoms with Gasteiger partial charge in [0.1, 0.15) is 0 Å². The molecule has 0 unspecified atom stereocenters. The van der Waals surface area contributed by atoms with E-state index >= 15 is 0 Å². The van der Waals surface area contributed by atoms with Gasteiger partial charge in [0.2, 0.25) is 15.9 Å². The van der Waals surface area contributed by atoms with Crippen molar-refractivity contribution in [2.45, 2.75) is 36.4 Å². The van der Waals surface area contributed by atoms with Crippen LogP contribution in [0.1, 0.15) is 18.4 Å². The molecule has 3 aliphatic heterocycles. The number of amides is 1. The first kappa shape index (κ1) is 15.4. The van der Waals surface area contributed by atoms with Gasteiger partial charge >= 0.3 is 0 Å². The molecule has 1 aromatic carbocycles. The van der Waals surface area contributed by atoms with Crippen LogP contribution < -0.4 is 0 Å². The van der Waals surface area contributed by atoms with Crippen molar-refractivity contribution < 1.29 is 17.9 Å². The van der Waals surface area contributed by atoms with Crippen LogP contribution in [-0.2, 0) is 19.6 Å². The fourth-order valence-electron chi connectivity index (χ4n) is 3.91. The highest BCUT2D eigenvalue weighted by molar-refractivity contribution is 7.89. The fourth-order valence-corrected chi connectivity index (χ4v) is 5.84. The molecule has 1 spiro atoms. The number of carbonyl (C=O) groups is 1. The minimum atomic E-state index is -3.71. The van der Waals surface area contributed by atoms with Crippen molar-refractivity contribution in [1.82, 2.24) is 9.21 Å². The van der Waals surface area contributed by atoms with Crippen molar-refractivity contribution in [3.05, 3.63) is 28.8 Å². The molecule has 0 radical (unpaired) electrons. The Kier molecular flexibility index (Phi) is 3.29. The molecule has 3 fully saturated rings. The molecule has 3 saturated heterocycles. The molecule has 0 aliphatic carbocycles. The second kappa shape index (κ2) is 4.92. The quantitative estimate of drug-likeness (QED) is 0.802. The van der Waals surface area contributed by atoms with Gasteiger partial charge in [-0.3, -0.25) is 4.79 Å². The van der Waals surface area contributed by atoms with Gasteiger partial charge in [-0.05, 0) is 24.6 Å². The van der Waals surface area contributed by atoms with E-state index in [4.69, 9.17) is 16.3 Å². The van der Waals surface area contributed by atoms with Crippen LogP contribution in [0.4, 0.5) is 0 Å². The van der Waals surface area contributed by atoms with Crippen LogP contribution in [-0.4, -0.2) is 55.0 Å². The lowest BCUT2D eigenvalue weighted by Gasteiger charge is -2.31. The fraction of sp³-hybridized carbons (Fsp3) is 0.533. The molecular weight excluding hydrogens is 340 g/mol. The van der Waals surface area contributed by atoms with E-state index in [9.17, 15) is 13.2 Å². The Morgan fingerprint density at radius 1 is 1.35 bits per heavy atom. The summed E-state index contributed by atoms with van der Waals surface area (Å²) >= 11 is 6.08. The highest BCUT2D eigenvalue weighted by Crippen LogP contribution is 2.47. The number of hydrogen-bond acceptors (Lipinski definition) is 4. The second-order valence-electron chi connectivity index (χ2n) is 6.24. The molecule has 0 bridgehead atoms. The first-order chi connectivity index (χ1) is 10.9. The molecule has 8 heteroatoms. The third kappa shape index (κ3) is 2.00. The Morgan fingerprint density at radius 2 is 2.13 bits per heavy atom. The van der Waals surface area contributed by atoms with Crippen LogP contribution in [0, 0.1) is 6.92 Å². The van der Waals surface area contributed by atoms with Gasteiger partial charge in [-0.1, -0.05) is 17.7 Å². The van der Waals surface area contributed by atoms with E-state index in [0.29, 0.717) is 31.1 Å². The van der Waals surface area contributed by atoms with Crippen LogP contribution in [0.15, 0.2) is 23.1 Å². The highest BCUT2D eigenvalue weighted by atomic mass is 35.5. The number of benzene rings is 1. The zero-order valence-electron chi connectivity index (χ0n) is 12.7. The van der Waals surface area contributed by atoms with Gasteiger partial charge in [0.25, 0.3) is 0 Å².